The van der Waals surface area contributed by atoms with Gasteiger partial charge >= 0.3 is 11.9 Å². The molecule has 2 unspecified atom stereocenters. The van der Waals surface area contributed by atoms with Gasteiger partial charge in [-0.15, -0.1) is 0 Å². The van der Waals surface area contributed by atoms with Gasteiger partial charge in [-0.3, -0.25) is 10.1 Å². The average molecular weight is 305 g/mol. The number of rotatable bonds is 3. The molecule has 0 amide bonds. The Kier molecular flexibility index (Phi) is 4.31. The first kappa shape index (κ1) is 15.5. The number of nitrogens with one attached hydrogen (secondary N) is 1. The first-order chi connectivity index (χ1) is 9.79. The van der Waals surface area contributed by atoms with E-state index in [1.165, 1.54) is 0 Å². The summed E-state index contributed by atoms with van der Waals surface area (Å²) in [7, 11) is 0. The molecule has 0 radical (unpaired) electrons. The summed E-state index contributed by atoms with van der Waals surface area (Å²) in [4.78, 5) is 13.2. The molecule has 0 aliphatic heterocycles. The Balaban J connectivity index is 2.32. The molecular formula is C12H14F3N3O3. The van der Waals surface area contributed by atoms with E-state index in [4.69, 9.17) is 0 Å². The maximum Gasteiger partial charge on any atom is 0.433 e. The summed E-state index contributed by atoms with van der Waals surface area (Å²) in [5.41, 5.74) is -2.02. The monoisotopic (exact) mass is 305 g/mol. The van der Waals surface area contributed by atoms with E-state index in [2.05, 4.69) is 10.3 Å². The van der Waals surface area contributed by atoms with Crippen molar-refractivity contribution in [3.05, 3.63) is 28.1 Å². The summed E-state index contributed by atoms with van der Waals surface area (Å²) in [6.45, 7) is 0. The van der Waals surface area contributed by atoms with Crippen LogP contribution in [0, 0.1) is 10.1 Å². The number of alkyl halides is 3. The topological polar surface area (TPSA) is 88.3 Å². The van der Waals surface area contributed by atoms with Crippen LogP contribution >= 0.6 is 0 Å². The molecule has 1 heterocycles. The molecule has 1 aliphatic rings. The molecule has 0 saturated heterocycles. The van der Waals surface area contributed by atoms with E-state index in [9.17, 15) is 28.4 Å². The zero-order chi connectivity index (χ0) is 15.6. The average Bonchev–Trinajstić information content (AvgIpc) is 2.40. The van der Waals surface area contributed by atoms with Gasteiger partial charge in [0.2, 0.25) is 0 Å². The molecule has 0 bridgehead atoms. The smallest absolute Gasteiger partial charge is 0.391 e. The largest absolute Gasteiger partial charge is 0.433 e. The number of halogens is 3. The van der Waals surface area contributed by atoms with Crippen molar-refractivity contribution < 1.29 is 23.2 Å². The van der Waals surface area contributed by atoms with Crippen LogP contribution in [0.25, 0.3) is 0 Å². The summed E-state index contributed by atoms with van der Waals surface area (Å²) < 4.78 is 37.9. The van der Waals surface area contributed by atoms with Crippen molar-refractivity contribution in [2.45, 2.75) is 44.0 Å². The van der Waals surface area contributed by atoms with E-state index in [-0.39, 0.29) is 5.69 Å². The fourth-order valence-corrected chi connectivity index (χ4v) is 2.34. The molecule has 2 atom stereocenters. The third-order valence-electron chi connectivity index (χ3n) is 3.44. The molecule has 0 spiro atoms. The summed E-state index contributed by atoms with van der Waals surface area (Å²) in [6.07, 6.45) is -2.14. The summed E-state index contributed by atoms with van der Waals surface area (Å²) in [5.74, 6) is 0. The quantitative estimate of drug-likeness (QED) is 0.662. The van der Waals surface area contributed by atoms with Crippen molar-refractivity contribution in [2.75, 3.05) is 5.32 Å². The van der Waals surface area contributed by atoms with Crippen molar-refractivity contribution in [3.63, 3.8) is 0 Å². The molecule has 21 heavy (non-hydrogen) atoms. The van der Waals surface area contributed by atoms with Crippen LogP contribution in [-0.4, -0.2) is 27.2 Å². The van der Waals surface area contributed by atoms with Crippen molar-refractivity contribution in [2.24, 2.45) is 0 Å². The minimum absolute atomic E-state index is 0.270. The Morgan fingerprint density at radius 1 is 1.38 bits per heavy atom. The van der Waals surface area contributed by atoms with E-state index < -0.39 is 34.6 Å². The van der Waals surface area contributed by atoms with E-state index in [0.717, 1.165) is 12.8 Å². The van der Waals surface area contributed by atoms with Crippen molar-refractivity contribution in [1.29, 1.82) is 0 Å². The molecule has 1 fully saturated rings. The van der Waals surface area contributed by atoms with Crippen molar-refractivity contribution in [1.82, 2.24) is 4.98 Å². The number of nitro groups is 1. The lowest BCUT2D eigenvalue weighted by atomic mass is 9.92. The molecule has 0 aromatic carbocycles. The molecule has 2 rings (SSSR count). The third kappa shape index (κ3) is 3.60. The van der Waals surface area contributed by atoms with E-state index in [0.29, 0.717) is 25.1 Å². The first-order valence-corrected chi connectivity index (χ1v) is 6.45. The molecule has 6 nitrogen and oxygen atoms in total. The van der Waals surface area contributed by atoms with Gasteiger partial charge in [-0.2, -0.15) is 13.2 Å². The fraction of sp³-hybridized carbons (Fsp3) is 0.583. The first-order valence-electron chi connectivity index (χ1n) is 6.45. The number of nitrogens with zero attached hydrogens (tertiary/aromatic N) is 2. The lowest BCUT2D eigenvalue weighted by Crippen LogP contribution is -2.36. The maximum atomic E-state index is 12.6. The van der Waals surface area contributed by atoms with Crippen LogP contribution in [0.1, 0.15) is 31.4 Å². The number of aliphatic hydroxyl groups excluding tert-OH is 1. The lowest BCUT2D eigenvalue weighted by Gasteiger charge is -2.29. The number of aliphatic hydroxyl groups is 1. The van der Waals surface area contributed by atoms with E-state index in [1.807, 2.05) is 0 Å². The van der Waals surface area contributed by atoms with Crippen molar-refractivity contribution in [3.8, 4) is 0 Å². The Morgan fingerprint density at radius 2 is 2.05 bits per heavy atom. The second kappa shape index (κ2) is 5.84. The van der Waals surface area contributed by atoms with Gasteiger partial charge in [-0.1, -0.05) is 12.8 Å². The molecule has 1 aliphatic carbocycles. The van der Waals surface area contributed by atoms with Gasteiger partial charge in [-0.05, 0) is 18.9 Å². The number of hydrogen-bond donors (Lipinski definition) is 2. The van der Waals surface area contributed by atoms with Gasteiger partial charge in [0.05, 0.1) is 17.1 Å². The summed E-state index contributed by atoms with van der Waals surface area (Å²) in [6, 6.07) is 0.111. The highest BCUT2D eigenvalue weighted by Crippen LogP contribution is 2.34. The van der Waals surface area contributed by atoms with Crippen molar-refractivity contribution >= 4 is 11.4 Å². The molecule has 9 heteroatoms. The highest BCUT2D eigenvalue weighted by molar-refractivity contribution is 5.61. The van der Waals surface area contributed by atoms with Gasteiger partial charge in [0.1, 0.15) is 17.6 Å². The van der Waals surface area contributed by atoms with Crippen LogP contribution < -0.4 is 5.32 Å². The molecule has 1 aromatic rings. The fourth-order valence-electron chi connectivity index (χ4n) is 2.34. The molecule has 2 N–H and O–H groups in total. The predicted molar refractivity (Wildman–Crippen MR) is 67.8 cm³/mol. The van der Waals surface area contributed by atoms with Gasteiger partial charge in [0, 0.05) is 0 Å². The Hall–Kier alpha value is -1.90. The zero-order valence-corrected chi connectivity index (χ0v) is 10.9. The standard InChI is InChI=1S/C12H14F3N3O3/c13-12(14,15)11-5-8(9(6-16-11)18(20)21)17-7-3-1-2-4-10(7)19/h5-7,10,19H,1-4H2,(H,16,17). The minimum Gasteiger partial charge on any atom is -0.391 e. The number of pyridine rings is 1. The van der Waals surface area contributed by atoms with Gasteiger partial charge in [0.25, 0.3) is 0 Å². The van der Waals surface area contributed by atoms with E-state index in [1.54, 1.807) is 0 Å². The maximum absolute atomic E-state index is 12.6. The van der Waals surface area contributed by atoms with Crippen LogP contribution in [-0.2, 0) is 6.18 Å². The highest BCUT2D eigenvalue weighted by Gasteiger charge is 2.35. The number of hydrogen-bond acceptors (Lipinski definition) is 5. The van der Waals surface area contributed by atoms with Gasteiger partial charge < -0.3 is 10.4 Å². The zero-order valence-electron chi connectivity index (χ0n) is 10.9. The van der Waals surface area contributed by atoms with Crippen LogP contribution in [0.3, 0.4) is 0 Å². The van der Waals surface area contributed by atoms with Crippen LogP contribution in [0.2, 0.25) is 0 Å². The summed E-state index contributed by atoms with van der Waals surface area (Å²) in [5, 5.41) is 23.4. The normalized spacial score (nSPS) is 22.9. The molecule has 116 valence electrons. The Labute approximate surface area is 118 Å². The lowest BCUT2D eigenvalue weighted by molar-refractivity contribution is -0.384. The minimum atomic E-state index is -4.68. The number of anilines is 1. The number of aromatic nitrogens is 1. The van der Waals surface area contributed by atoms with Gasteiger partial charge in [0.15, 0.2) is 0 Å². The highest BCUT2D eigenvalue weighted by atomic mass is 19.4. The SMILES string of the molecule is O=[N+]([O-])c1cnc(C(F)(F)F)cc1NC1CCCCC1O. The van der Waals surface area contributed by atoms with Gasteiger partial charge in [-0.25, -0.2) is 4.98 Å². The van der Waals surface area contributed by atoms with Crippen LogP contribution in [0.4, 0.5) is 24.5 Å². The Morgan fingerprint density at radius 3 is 2.62 bits per heavy atom. The second-order valence-electron chi connectivity index (χ2n) is 4.94. The molecule has 1 saturated carbocycles. The Bertz CT molecular complexity index is 536. The third-order valence-corrected chi connectivity index (χ3v) is 3.44. The molecular weight excluding hydrogens is 291 g/mol. The second-order valence-corrected chi connectivity index (χ2v) is 4.94. The molecule has 1 aromatic heterocycles. The predicted octanol–water partition coefficient (Wildman–Crippen LogP) is 2.72. The summed E-state index contributed by atoms with van der Waals surface area (Å²) >= 11 is 0. The van der Waals surface area contributed by atoms with E-state index >= 15 is 0 Å². The van der Waals surface area contributed by atoms with Crippen LogP contribution in [0.15, 0.2) is 12.3 Å². The van der Waals surface area contributed by atoms with Crippen LogP contribution in [0.5, 0.6) is 0 Å².